The van der Waals surface area contributed by atoms with E-state index >= 15 is 0 Å². The monoisotopic (exact) mass is 436 g/mol. The quantitative estimate of drug-likeness (QED) is 0.501. The average molecular weight is 437 g/mol. The molecule has 0 spiro atoms. The molecule has 1 aliphatic heterocycles. The van der Waals surface area contributed by atoms with Crippen molar-refractivity contribution in [2.24, 2.45) is 0 Å². The van der Waals surface area contributed by atoms with Crippen LogP contribution in [0.3, 0.4) is 0 Å². The number of piperazine rings is 1. The highest BCUT2D eigenvalue weighted by molar-refractivity contribution is 7.14. The Hall–Kier alpha value is -2.74. The first-order valence-electron chi connectivity index (χ1n) is 10.7. The maximum absolute atomic E-state index is 12.5. The number of hydrogen-bond donors (Lipinski definition) is 2. The highest BCUT2D eigenvalue weighted by atomic mass is 32.1. The Labute approximate surface area is 187 Å². The maximum Gasteiger partial charge on any atom is 0.229 e. The molecule has 0 saturated carbocycles. The van der Waals surface area contributed by atoms with E-state index in [1.54, 1.807) is 12.4 Å². The van der Waals surface area contributed by atoms with Gasteiger partial charge in [-0.15, -0.1) is 11.3 Å². The lowest BCUT2D eigenvalue weighted by molar-refractivity contribution is -0.115. The first-order chi connectivity index (χ1) is 15.3. The number of pyridine rings is 1. The van der Waals surface area contributed by atoms with Crippen molar-refractivity contribution >= 4 is 22.2 Å². The van der Waals surface area contributed by atoms with Gasteiger partial charge in [-0.25, -0.2) is 0 Å². The van der Waals surface area contributed by atoms with Gasteiger partial charge in [-0.05, 0) is 53.4 Å². The molecule has 2 N–H and O–H groups in total. The lowest BCUT2D eigenvalue weighted by Crippen LogP contribution is -2.43. The van der Waals surface area contributed by atoms with Gasteiger partial charge in [0.25, 0.3) is 0 Å². The average Bonchev–Trinajstić information content (AvgIpc) is 3.27. The second-order valence-corrected chi connectivity index (χ2v) is 8.51. The minimum absolute atomic E-state index is 0.0287. The van der Waals surface area contributed by atoms with Crippen molar-refractivity contribution in [3.63, 3.8) is 0 Å². The predicted molar refractivity (Wildman–Crippen MR) is 126 cm³/mol. The Morgan fingerprint density at radius 3 is 2.81 bits per heavy atom. The Bertz CT molecular complexity index is 970. The van der Waals surface area contributed by atoms with Crippen molar-refractivity contribution in [2.45, 2.75) is 12.8 Å². The largest absolute Gasteiger partial charge is 0.494 e. The molecule has 1 amide bonds. The standard InChI is InChI=1S/C24H28N4O2S/c29-23(27-24-17-21(18-31-24)20-5-7-25-8-6-20)16-19-3-1-4-22(15-19)30-14-2-11-28-12-9-26-10-13-28/h1,3-8,15,17-18,26H,2,9-14,16H2,(H,27,29). The van der Waals surface area contributed by atoms with E-state index in [-0.39, 0.29) is 5.91 Å². The summed E-state index contributed by atoms with van der Waals surface area (Å²) in [7, 11) is 0. The third-order valence-corrected chi connectivity index (χ3v) is 6.08. The molecule has 0 atom stereocenters. The summed E-state index contributed by atoms with van der Waals surface area (Å²) in [5.74, 6) is 0.792. The molecule has 4 rings (SSSR count). The second kappa shape index (κ2) is 11.0. The summed E-state index contributed by atoms with van der Waals surface area (Å²) in [5.41, 5.74) is 3.12. The molecule has 0 bridgehead atoms. The van der Waals surface area contributed by atoms with Crippen LogP contribution >= 0.6 is 11.3 Å². The lowest BCUT2D eigenvalue weighted by atomic mass is 10.1. The van der Waals surface area contributed by atoms with Gasteiger partial charge in [0.05, 0.1) is 18.0 Å². The van der Waals surface area contributed by atoms with Gasteiger partial charge in [-0.1, -0.05) is 12.1 Å². The number of rotatable bonds is 9. The Morgan fingerprint density at radius 1 is 1.13 bits per heavy atom. The van der Waals surface area contributed by atoms with E-state index in [1.807, 2.05) is 47.8 Å². The predicted octanol–water partition coefficient (Wildman–Crippen LogP) is 3.67. The topological polar surface area (TPSA) is 66.5 Å². The van der Waals surface area contributed by atoms with Gasteiger partial charge in [-0.3, -0.25) is 9.78 Å². The smallest absolute Gasteiger partial charge is 0.229 e. The van der Waals surface area contributed by atoms with Crippen LogP contribution in [0.25, 0.3) is 11.1 Å². The number of thiophene rings is 1. The van der Waals surface area contributed by atoms with Crippen molar-refractivity contribution in [3.05, 3.63) is 65.8 Å². The summed E-state index contributed by atoms with van der Waals surface area (Å²) in [6.45, 7) is 6.11. The normalized spacial score (nSPS) is 14.3. The van der Waals surface area contributed by atoms with Gasteiger partial charge in [0.1, 0.15) is 5.75 Å². The molecule has 0 aliphatic carbocycles. The Balaban J connectivity index is 1.23. The molecule has 7 heteroatoms. The number of aromatic nitrogens is 1. The first-order valence-corrected chi connectivity index (χ1v) is 11.6. The zero-order valence-electron chi connectivity index (χ0n) is 17.5. The van der Waals surface area contributed by atoms with Crippen molar-refractivity contribution in [1.29, 1.82) is 0 Å². The second-order valence-electron chi connectivity index (χ2n) is 7.60. The first kappa shape index (κ1) is 21.5. The highest BCUT2D eigenvalue weighted by Gasteiger charge is 2.10. The zero-order chi connectivity index (χ0) is 21.3. The molecule has 1 aliphatic rings. The molecule has 1 fully saturated rings. The van der Waals surface area contributed by atoms with Crippen LogP contribution in [0.15, 0.2) is 60.2 Å². The van der Waals surface area contributed by atoms with E-state index in [0.29, 0.717) is 13.0 Å². The van der Waals surface area contributed by atoms with E-state index in [2.05, 4.69) is 20.5 Å². The SMILES string of the molecule is O=C(Cc1cccc(OCCCN2CCNCC2)c1)Nc1cc(-c2ccncc2)cs1. The number of carbonyl (C=O) groups is 1. The number of nitrogens with one attached hydrogen (secondary N) is 2. The highest BCUT2D eigenvalue weighted by Crippen LogP contribution is 2.28. The molecular weight excluding hydrogens is 408 g/mol. The van der Waals surface area contributed by atoms with Gasteiger partial charge >= 0.3 is 0 Å². The third-order valence-electron chi connectivity index (χ3n) is 5.24. The number of anilines is 1. The van der Waals surface area contributed by atoms with Gasteiger partial charge in [0.15, 0.2) is 0 Å². The summed E-state index contributed by atoms with van der Waals surface area (Å²) in [6, 6.07) is 13.7. The van der Waals surface area contributed by atoms with Crippen LogP contribution in [-0.4, -0.2) is 55.1 Å². The zero-order valence-corrected chi connectivity index (χ0v) is 18.4. The van der Waals surface area contributed by atoms with Gasteiger partial charge in [0.2, 0.25) is 5.91 Å². The van der Waals surface area contributed by atoms with Crippen molar-refractivity contribution < 1.29 is 9.53 Å². The number of amides is 1. The molecule has 2 aromatic heterocycles. The lowest BCUT2D eigenvalue weighted by Gasteiger charge is -2.26. The number of nitrogens with zero attached hydrogens (tertiary/aromatic N) is 2. The summed E-state index contributed by atoms with van der Waals surface area (Å²) in [4.78, 5) is 19.0. The number of ether oxygens (including phenoxy) is 1. The molecule has 0 radical (unpaired) electrons. The molecule has 0 unspecified atom stereocenters. The minimum Gasteiger partial charge on any atom is -0.494 e. The van der Waals surface area contributed by atoms with Gasteiger partial charge in [0, 0.05) is 50.5 Å². The van der Waals surface area contributed by atoms with Crippen molar-refractivity contribution in [2.75, 3.05) is 44.6 Å². The summed E-state index contributed by atoms with van der Waals surface area (Å²) < 4.78 is 5.91. The third kappa shape index (κ3) is 6.62. The summed E-state index contributed by atoms with van der Waals surface area (Å²) in [5, 5.41) is 9.26. The van der Waals surface area contributed by atoms with Crippen LogP contribution in [0.1, 0.15) is 12.0 Å². The Kier molecular flexibility index (Phi) is 7.65. The van der Waals surface area contributed by atoms with Crippen LogP contribution in [0, 0.1) is 0 Å². The van der Waals surface area contributed by atoms with E-state index < -0.39 is 0 Å². The molecule has 1 saturated heterocycles. The molecule has 31 heavy (non-hydrogen) atoms. The fraction of sp³-hybridized carbons (Fsp3) is 0.333. The number of carbonyl (C=O) groups excluding carboxylic acids is 1. The van der Waals surface area contributed by atoms with Crippen LogP contribution < -0.4 is 15.4 Å². The number of benzene rings is 1. The van der Waals surface area contributed by atoms with Crippen LogP contribution in [0.2, 0.25) is 0 Å². The minimum atomic E-state index is -0.0287. The van der Waals surface area contributed by atoms with Crippen LogP contribution in [0.5, 0.6) is 5.75 Å². The maximum atomic E-state index is 12.5. The Morgan fingerprint density at radius 2 is 1.97 bits per heavy atom. The number of hydrogen-bond acceptors (Lipinski definition) is 6. The van der Waals surface area contributed by atoms with E-state index in [9.17, 15) is 4.79 Å². The molecule has 1 aromatic carbocycles. The van der Waals surface area contributed by atoms with Crippen LogP contribution in [-0.2, 0) is 11.2 Å². The van der Waals surface area contributed by atoms with Gasteiger partial charge in [-0.2, -0.15) is 0 Å². The molecule has 162 valence electrons. The van der Waals surface area contributed by atoms with Gasteiger partial charge < -0.3 is 20.3 Å². The molecule has 6 nitrogen and oxygen atoms in total. The van der Waals surface area contributed by atoms with Crippen molar-refractivity contribution in [1.82, 2.24) is 15.2 Å². The fourth-order valence-corrected chi connectivity index (χ4v) is 4.45. The summed E-state index contributed by atoms with van der Waals surface area (Å²) >= 11 is 1.53. The molecule has 3 aromatic rings. The van der Waals surface area contributed by atoms with E-state index in [1.165, 1.54) is 11.3 Å². The van der Waals surface area contributed by atoms with Crippen LogP contribution in [0.4, 0.5) is 5.00 Å². The van der Waals surface area contributed by atoms with E-state index in [4.69, 9.17) is 4.74 Å². The fourth-order valence-electron chi connectivity index (χ4n) is 3.62. The summed E-state index contributed by atoms with van der Waals surface area (Å²) in [6.07, 6.45) is 4.86. The molecular formula is C24H28N4O2S. The van der Waals surface area contributed by atoms with Crippen molar-refractivity contribution in [3.8, 4) is 16.9 Å². The van der Waals surface area contributed by atoms with E-state index in [0.717, 1.165) is 66.6 Å². The molecule has 3 heterocycles.